The summed E-state index contributed by atoms with van der Waals surface area (Å²) in [6, 6.07) is 9.20. The normalized spacial score (nSPS) is 23.7. The fourth-order valence-corrected chi connectivity index (χ4v) is 3.54. The number of nitrogens with zero attached hydrogens (tertiary/aromatic N) is 5. The topological polar surface area (TPSA) is 141 Å². The van der Waals surface area contributed by atoms with Crippen molar-refractivity contribution in [3.8, 4) is 0 Å². The second-order valence-corrected chi connectivity index (χ2v) is 7.55. The number of aromatic amines is 1. The Balaban J connectivity index is 1.62. The summed E-state index contributed by atoms with van der Waals surface area (Å²) >= 11 is 0. The first-order chi connectivity index (χ1) is 15.0. The molecule has 1 fully saturated rings. The van der Waals surface area contributed by atoms with Gasteiger partial charge in [0.05, 0.1) is 25.3 Å². The average molecular weight is 427 g/mol. The summed E-state index contributed by atoms with van der Waals surface area (Å²) in [6.07, 6.45) is 0.378. The summed E-state index contributed by atoms with van der Waals surface area (Å²) in [4.78, 5) is 29.3. The molecule has 4 N–H and O–H groups in total. The van der Waals surface area contributed by atoms with Gasteiger partial charge in [-0.3, -0.25) is 14.3 Å². The highest BCUT2D eigenvalue weighted by molar-refractivity contribution is 5.71. The Morgan fingerprint density at radius 1 is 1.35 bits per heavy atom. The van der Waals surface area contributed by atoms with Gasteiger partial charge in [-0.2, -0.15) is 4.98 Å². The molecule has 0 radical (unpaired) electrons. The Morgan fingerprint density at radius 3 is 2.84 bits per heavy atom. The summed E-state index contributed by atoms with van der Waals surface area (Å²) in [5, 5.41) is 24.0. The highest BCUT2D eigenvalue weighted by atomic mass is 16.5. The van der Waals surface area contributed by atoms with Gasteiger partial charge in [0.1, 0.15) is 12.2 Å². The van der Waals surface area contributed by atoms with E-state index in [-0.39, 0.29) is 23.7 Å². The van der Waals surface area contributed by atoms with E-state index in [0.717, 1.165) is 5.56 Å². The van der Waals surface area contributed by atoms with E-state index in [0.29, 0.717) is 6.54 Å². The van der Waals surface area contributed by atoms with Crippen molar-refractivity contribution in [1.29, 1.82) is 0 Å². The number of ether oxygens (including phenoxy) is 1. The van der Waals surface area contributed by atoms with Crippen LogP contribution >= 0.6 is 0 Å². The lowest BCUT2D eigenvalue weighted by atomic mass is 10.1. The van der Waals surface area contributed by atoms with Gasteiger partial charge in [-0.15, -0.1) is 0 Å². The van der Waals surface area contributed by atoms with Crippen molar-refractivity contribution in [2.24, 2.45) is 4.99 Å². The number of aromatic nitrogens is 4. The van der Waals surface area contributed by atoms with Crippen molar-refractivity contribution in [2.45, 2.75) is 31.0 Å². The lowest BCUT2D eigenvalue weighted by Crippen LogP contribution is -2.45. The van der Waals surface area contributed by atoms with Crippen LogP contribution < -0.4 is 10.9 Å². The molecule has 4 atom stereocenters. The molecular weight excluding hydrogens is 402 g/mol. The van der Waals surface area contributed by atoms with Crippen LogP contribution in [0.2, 0.25) is 0 Å². The van der Waals surface area contributed by atoms with Crippen molar-refractivity contribution in [3.05, 3.63) is 52.6 Å². The van der Waals surface area contributed by atoms with E-state index in [1.165, 1.54) is 17.2 Å². The third-order valence-corrected chi connectivity index (χ3v) is 5.04. The van der Waals surface area contributed by atoms with Gasteiger partial charge in [-0.1, -0.05) is 30.3 Å². The number of hydrogen-bond donors (Lipinski definition) is 4. The Kier molecular flexibility index (Phi) is 6.09. The Morgan fingerprint density at radius 2 is 2.13 bits per heavy atom. The first-order valence-electron chi connectivity index (χ1n) is 9.87. The maximum absolute atomic E-state index is 12.4. The Labute approximate surface area is 178 Å². The van der Waals surface area contributed by atoms with Crippen LogP contribution in [0.25, 0.3) is 11.2 Å². The van der Waals surface area contributed by atoms with Crippen LogP contribution in [0.1, 0.15) is 11.8 Å². The zero-order valence-corrected chi connectivity index (χ0v) is 17.2. The van der Waals surface area contributed by atoms with E-state index in [2.05, 4.69) is 25.3 Å². The second-order valence-electron chi connectivity index (χ2n) is 7.55. The van der Waals surface area contributed by atoms with Crippen molar-refractivity contribution in [2.75, 3.05) is 20.7 Å². The Bertz CT molecular complexity index is 1110. The van der Waals surface area contributed by atoms with Crippen LogP contribution in [-0.4, -0.2) is 79.9 Å². The molecule has 31 heavy (non-hydrogen) atoms. The minimum absolute atomic E-state index is 0.109. The van der Waals surface area contributed by atoms with Crippen LogP contribution in [0.5, 0.6) is 0 Å². The first kappa shape index (κ1) is 21.1. The summed E-state index contributed by atoms with van der Waals surface area (Å²) in [5.74, 6) is 0.109. The fourth-order valence-electron chi connectivity index (χ4n) is 3.54. The molecule has 4 rings (SSSR count). The second kappa shape index (κ2) is 8.94. The molecule has 0 aliphatic carbocycles. The molecule has 3 aromatic rings. The van der Waals surface area contributed by atoms with E-state index in [4.69, 9.17) is 4.74 Å². The number of aliphatic hydroxyl groups is 2. The largest absolute Gasteiger partial charge is 0.394 e. The molecule has 0 amide bonds. The van der Waals surface area contributed by atoms with Crippen LogP contribution in [-0.2, 0) is 11.3 Å². The van der Waals surface area contributed by atoms with Gasteiger partial charge in [0.25, 0.3) is 5.56 Å². The maximum Gasteiger partial charge on any atom is 0.280 e. The quantitative estimate of drug-likeness (QED) is 0.299. The number of H-pyrrole nitrogens is 1. The average Bonchev–Trinajstić information content (AvgIpc) is 3.32. The molecule has 1 saturated heterocycles. The molecule has 1 aliphatic rings. The number of imidazole rings is 1. The summed E-state index contributed by atoms with van der Waals surface area (Å²) < 4.78 is 7.41. The highest BCUT2D eigenvalue weighted by Gasteiger charge is 2.44. The lowest BCUT2D eigenvalue weighted by molar-refractivity contribution is -0.0489. The van der Waals surface area contributed by atoms with E-state index < -0.39 is 30.0 Å². The van der Waals surface area contributed by atoms with Gasteiger partial charge in [-0.25, -0.2) is 9.98 Å². The molecule has 3 heterocycles. The van der Waals surface area contributed by atoms with Gasteiger partial charge < -0.3 is 25.2 Å². The summed E-state index contributed by atoms with van der Waals surface area (Å²) in [5.41, 5.74) is 0.944. The molecule has 2 aromatic heterocycles. The predicted molar refractivity (Wildman–Crippen MR) is 114 cm³/mol. The number of aliphatic hydroxyl groups excluding tert-OH is 2. The molecule has 1 aliphatic heterocycles. The van der Waals surface area contributed by atoms with Crippen LogP contribution in [0.3, 0.4) is 0 Å². The summed E-state index contributed by atoms with van der Waals surface area (Å²) in [6.45, 7) is 0.222. The van der Waals surface area contributed by atoms with E-state index in [9.17, 15) is 15.0 Å². The Hall–Kier alpha value is -3.12. The van der Waals surface area contributed by atoms with Crippen molar-refractivity contribution in [1.82, 2.24) is 29.7 Å². The van der Waals surface area contributed by atoms with Crippen molar-refractivity contribution in [3.63, 3.8) is 0 Å². The first-order valence-corrected chi connectivity index (χ1v) is 9.87. The number of hydrogen-bond acceptors (Lipinski definition) is 8. The van der Waals surface area contributed by atoms with Crippen LogP contribution in [0, 0.1) is 0 Å². The third-order valence-electron chi connectivity index (χ3n) is 5.04. The predicted octanol–water partition coefficient (Wildman–Crippen LogP) is -0.250. The van der Waals surface area contributed by atoms with Crippen LogP contribution in [0.4, 0.5) is 5.95 Å². The zero-order valence-electron chi connectivity index (χ0n) is 17.2. The van der Waals surface area contributed by atoms with Crippen LogP contribution in [0.15, 0.2) is 46.4 Å². The van der Waals surface area contributed by atoms with Gasteiger partial charge in [0.2, 0.25) is 5.95 Å². The lowest BCUT2D eigenvalue weighted by Gasteiger charge is -2.21. The monoisotopic (exact) mass is 427 g/mol. The maximum atomic E-state index is 12.4. The van der Waals surface area contributed by atoms with Gasteiger partial charge >= 0.3 is 0 Å². The van der Waals surface area contributed by atoms with Crippen molar-refractivity contribution < 1.29 is 14.9 Å². The molecule has 1 aromatic carbocycles. The molecular formula is C20H25N7O4. The zero-order chi connectivity index (χ0) is 22.0. The summed E-state index contributed by atoms with van der Waals surface area (Å²) in [7, 11) is 3.59. The SMILES string of the molecule is CN(C)C=Nc1nc2c(ncn2[C@@H]2O[C@H](CO)C(NCc3ccccc3)C2O)c(=O)[nH]1. The minimum atomic E-state index is -1.01. The molecule has 0 saturated carbocycles. The number of fused-ring (bicyclic) bond motifs is 1. The molecule has 11 nitrogen and oxygen atoms in total. The number of benzene rings is 1. The molecule has 2 unspecified atom stereocenters. The third kappa shape index (κ3) is 4.35. The van der Waals surface area contributed by atoms with Gasteiger partial charge in [0.15, 0.2) is 17.4 Å². The number of rotatable bonds is 7. The number of aliphatic imine (C=N–C) groups is 1. The van der Waals surface area contributed by atoms with E-state index in [1.54, 1.807) is 19.0 Å². The number of nitrogens with one attached hydrogen (secondary N) is 2. The molecule has 164 valence electrons. The smallest absolute Gasteiger partial charge is 0.280 e. The molecule has 11 heteroatoms. The molecule has 0 bridgehead atoms. The fraction of sp³-hybridized carbons (Fsp3) is 0.400. The highest BCUT2D eigenvalue weighted by Crippen LogP contribution is 2.31. The van der Waals surface area contributed by atoms with Crippen molar-refractivity contribution >= 4 is 23.5 Å². The minimum Gasteiger partial charge on any atom is -0.394 e. The standard InChI is InChI=1S/C20H25N7O4/c1-26(2)10-23-20-24-17-15(18(30)25-20)22-11-27(17)19-16(29)14(13(9-28)31-19)21-8-12-6-4-3-5-7-12/h3-7,10-11,13-14,16,19,21,28-29H,8-9H2,1-2H3,(H,24,25,30)/t13-,14?,16?,19-/m1/s1. The van der Waals surface area contributed by atoms with E-state index in [1.807, 2.05) is 30.3 Å². The van der Waals surface area contributed by atoms with Gasteiger partial charge in [0, 0.05) is 20.6 Å². The molecule has 0 spiro atoms. The van der Waals surface area contributed by atoms with Gasteiger partial charge in [-0.05, 0) is 5.56 Å². The van der Waals surface area contributed by atoms with E-state index >= 15 is 0 Å².